The molecule has 0 unspecified atom stereocenters. The van der Waals surface area contributed by atoms with Crippen molar-refractivity contribution in [3.63, 3.8) is 0 Å². The van der Waals surface area contributed by atoms with Gasteiger partial charge in [-0.3, -0.25) is 4.68 Å². The van der Waals surface area contributed by atoms with Crippen LogP contribution < -0.4 is 5.73 Å². The summed E-state index contributed by atoms with van der Waals surface area (Å²) < 4.78 is 18.9. The predicted molar refractivity (Wildman–Crippen MR) is 68.5 cm³/mol. The van der Waals surface area contributed by atoms with Gasteiger partial charge in [0, 0.05) is 11.2 Å². The maximum Gasteiger partial charge on any atom is 0.360 e. The third kappa shape index (κ3) is 2.85. The van der Waals surface area contributed by atoms with Gasteiger partial charge in [-0.2, -0.15) is 5.10 Å². The first-order valence-electron chi connectivity index (χ1n) is 5.36. The zero-order valence-electron chi connectivity index (χ0n) is 10.1. The third-order valence-corrected chi connectivity index (χ3v) is 2.87. The number of nitrogens with two attached hydrogens (primary N) is 1. The van der Waals surface area contributed by atoms with Crippen LogP contribution >= 0.6 is 11.6 Å². The first-order valence-corrected chi connectivity index (χ1v) is 5.74. The quantitative estimate of drug-likeness (QED) is 0.876. The second kappa shape index (κ2) is 5.27. The highest BCUT2D eigenvalue weighted by molar-refractivity contribution is 6.31. The Morgan fingerprint density at radius 3 is 2.95 bits per heavy atom. The number of carbonyl (C=O) groups excluding carboxylic acids is 1. The highest BCUT2D eigenvalue weighted by Crippen LogP contribution is 2.19. The minimum atomic E-state index is -0.610. The maximum absolute atomic E-state index is 12.9. The molecule has 0 spiro atoms. The Morgan fingerprint density at radius 1 is 1.58 bits per heavy atom. The van der Waals surface area contributed by atoms with Crippen LogP contribution in [0.25, 0.3) is 0 Å². The fourth-order valence-corrected chi connectivity index (χ4v) is 1.82. The van der Waals surface area contributed by atoms with Crippen LogP contribution in [0, 0.1) is 5.82 Å². The van der Waals surface area contributed by atoms with Gasteiger partial charge >= 0.3 is 5.97 Å². The van der Waals surface area contributed by atoms with Crippen molar-refractivity contribution in [2.75, 3.05) is 12.8 Å². The van der Waals surface area contributed by atoms with E-state index in [-0.39, 0.29) is 22.9 Å². The lowest BCUT2D eigenvalue weighted by molar-refractivity contribution is 0.0594. The van der Waals surface area contributed by atoms with E-state index in [9.17, 15) is 9.18 Å². The average molecular weight is 284 g/mol. The molecular formula is C12H11ClFN3O2. The molecule has 1 heterocycles. The highest BCUT2D eigenvalue weighted by Gasteiger charge is 2.15. The van der Waals surface area contributed by atoms with Crippen LogP contribution in [0.15, 0.2) is 24.4 Å². The number of hydrogen-bond donors (Lipinski definition) is 1. The molecule has 2 aromatic rings. The van der Waals surface area contributed by atoms with Gasteiger partial charge in [0.05, 0.1) is 19.3 Å². The van der Waals surface area contributed by atoms with E-state index in [2.05, 4.69) is 9.84 Å². The fourth-order valence-electron chi connectivity index (χ4n) is 1.60. The molecule has 0 radical (unpaired) electrons. The number of anilines is 1. The molecule has 0 amide bonds. The summed E-state index contributed by atoms with van der Waals surface area (Å²) in [6.07, 6.45) is 1.49. The Kier molecular flexibility index (Phi) is 3.71. The first kappa shape index (κ1) is 13.4. The molecule has 1 aromatic heterocycles. The van der Waals surface area contributed by atoms with Crippen LogP contribution in [-0.4, -0.2) is 22.9 Å². The van der Waals surface area contributed by atoms with Gasteiger partial charge < -0.3 is 10.5 Å². The number of aromatic nitrogens is 2. The molecule has 0 bridgehead atoms. The van der Waals surface area contributed by atoms with Gasteiger partial charge in [0.2, 0.25) is 0 Å². The number of halogens is 2. The molecule has 0 saturated heterocycles. The number of rotatable bonds is 3. The molecule has 0 aliphatic heterocycles. The third-order valence-electron chi connectivity index (χ3n) is 2.52. The van der Waals surface area contributed by atoms with E-state index in [1.165, 1.54) is 30.1 Å². The molecule has 0 fully saturated rings. The number of nitrogens with zero attached hydrogens (tertiary/aromatic N) is 2. The topological polar surface area (TPSA) is 70.1 Å². The standard InChI is InChI=1S/C12H11ClFN3O2/c1-19-12(18)11-10(15)6-17(16-11)5-7-2-3-8(14)4-9(7)13/h2-4,6H,5,15H2,1H3. The molecule has 7 heteroatoms. The molecule has 1 aromatic carbocycles. The molecule has 2 N–H and O–H groups in total. The van der Waals surface area contributed by atoms with Gasteiger partial charge in [0.25, 0.3) is 0 Å². The van der Waals surface area contributed by atoms with Crippen molar-refractivity contribution in [2.45, 2.75) is 6.54 Å². The number of methoxy groups -OCH3 is 1. The number of nitrogen functional groups attached to an aromatic ring is 1. The van der Waals surface area contributed by atoms with Gasteiger partial charge in [-0.05, 0) is 17.7 Å². The van der Waals surface area contributed by atoms with Gasteiger partial charge in [0.15, 0.2) is 5.69 Å². The summed E-state index contributed by atoms with van der Waals surface area (Å²) in [6.45, 7) is 0.278. The summed E-state index contributed by atoms with van der Waals surface area (Å²) in [5, 5.41) is 4.29. The number of benzene rings is 1. The summed E-state index contributed by atoms with van der Waals surface area (Å²) in [4.78, 5) is 11.4. The van der Waals surface area contributed by atoms with Gasteiger partial charge in [-0.25, -0.2) is 9.18 Å². The molecule has 0 aliphatic carbocycles. The van der Waals surface area contributed by atoms with E-state index in [1.807, 2.05) is 0 Å². The van der Waals surface area contributed by atoms with Crippen LogP contribution in [0.5, 0.6) is 0 Å². The van der Waals surface area contributed by atoms with Crippen LogP contribution in [0.1, 0.15) is 16.1 Å². The maximum atomic E-state index is 12.9. The number of hydrogen-bond acceptors (Lipinski definition) is 4. The van der Waals surface area contributed by atoms with E-state index >= 15 is 0 Å². The number of carbonyl (C=O) groups is 1. The Morgan fingerprint density at radius 2 is 2.32 bits per heavy atom. The zero-order valence-corrected chi connectivity index (χ0v) is 10.8. The van der Waals surface area contributed by atoms with E-state index < -0.39 is 11.8 Å². The van der Waals surface area contributed by atoms with Gasteiger partial charge in [-0.1, -0.05) is 17.7 Å². The summed E-state index contributed by atoms with van der Waals surface area (Å²) in [5.74, 6) is -1.02. The first-order chi connectivity index (χ1) is 9.01. The van der Waals surface area contributed by atoms with E-state index in [1.54, 1.807) is 6.07 Å². The SMILES string of the molecule is COC(=O)c1nn(Cc2ccc(F)cc2Cl)cc1N. The van der Waals surface area contributed by atoms with Crippen molar-refractivity contribution in [1.29, 1.82) is 0 Å². The molecular weight excluding hydrogens is 273 g/mol. The number of esters is 1. The van der Waals surface area contributed by atoms with Crippen LogP contribution in [-0.2, 0) is 11.3 Å². The molecule has 2 rings (SSSR count). The average Bonchev–Trinajstić information content (AvgIpc) is 2.73. The van der Waals surface area contributed by atoms with E-state index in [0.717, 1.165) is 0 Å². The Balaban J connectivity index is 2.26. The minimum absolute atomic E-state index is 0.0423. The molecule has 0 atom stereocenters. The smallest absolute Gasteiger partial charge is 0.360 e. The Bertz CT molecular complexity index is 627. The summed E-state index contributed by atoms with van der Waals surface area (Å²) in [6, 6.07) is 4.06. The van der Waals surface area contributed by atoms with E-state index in [4.69, 9.17) is 17.3 Å². The number of ether oxygens (including phenoxy) is 1. The molecule has 0 aliphatic rings. The molecule has 0 saturated carbocycles. The lowest BCUT2D eigenvalue weighted by Crippen LogP contribution is -2.07. The summed E-state index contributed by atoms with van der Waals surface area (Å²) in [5.41, 5.74) is 6.58. The van der Waals surface area contributed by atoms with Gasteiger partial charge in [0.1, 0.15) is 5.82 Å². The van der Waals surface area contributed by atoms with Crippen LogP contribution in [0.4, 0.5) is 10.1 Å². The lowest BCUT2D eigenvalue weighted by Gasteiger charge is -2.04. The van der Waals surface area contributed by atoms with Crippen LogP contribution in [0.3, 0.4) is 0 Å². The van der Waals surface area contributed by atoms with Crippen molar-refractivity contribution in [1.82, 2.24) is 9.78 Å². The highest BCUT2D eigenvalue weighted by atomic mass is 35.5. The Labute approximate surface area is 113 Å². The predicted octanol–water partition coefficient (Wildman–Crippen LogP) is 2.09. The van der Waals surface area contributed by atoms with Crippen molar-refractivity contribution in [2.24, 2.45) is 0 Å². The monoisotopic (exact) mass is 283 g/mol. The Hall–Kier alpha value is -2.08. The zero-order chi connectivity index (χ0) is 14.0. The van der Waals surface area contributed by atoms with Gasteiger partial charge in [-0.15, -0.1) is 0 Å². The second-order valence-electron chi connectivity index (χ2n) is 3.86. The minimum Gasteiger partial charge on any atom is -0.464 e. The molecule has 5 nitrogen and oxygen atoms in total. The summed E-state index contributed by atoms with van der Waals surface area (Å²) >= 11 is 5.91. The summed E-state index contributed by atoms with van der Waals surface area (Å²) in [7, 11) is 1.25. The molecule has 19 heavy (non-hydrogen) atoms. The normalized spacial score (nSPS) is 10.5. The van der Waals surface area contributed by atoms with Crippen molar-refractivity contribution in [3.8, 4) is 0 Å². The van der Waals surface area contributed by atoms with Crippen LogP contribution in [0.2, 0.25) is 5.02 Å². The van der Waals surface area contributed by atoms with Crippen molar-refractivity contribution >= 4 is 23.3 Å². The lowest BCUT2D eigenvalue weighted by atomic mass is 10.2. The largest absolute Gasteiger partial charge is 0.464 e. The fraction of sp³-hybridized carbons (Fsp3) is 0.167. The second-order valence-corrected chi connectivity index (χ2v) is 4.27. The van der Waals surface area contributed by atoms with Crippen molar-refractivity contribution < 1.29 is 13.9 Å². The van der Waals surface area contributed by atoms with E-state index in [0.29, 0.717) is 5.56 Å². The molecule has 100 valence electrons. The van der Waals surface area contributed by atoms with Crippen molar-refractivity contribution in [3.05, 3.63) is 46.5 Å².